The summed E-state index contributed by atoms with van der Waals surface area (Å²) in [5, 5.41) is 24.8. The summed E-state index contributed by atoms with van der Waals surface area (Å²) in [4.78, 5) is 27.1. The van der Waals surface area contributed by atoms with E-state index in [-0.39, 0.29) is 18.1 Å². The van der Waals surface area contributed by atoms with Crippen LogP contribution in [0.1, 0.15) is 16.8 Å². The first-order valence-corrected chi connectivity index (χ1v) is 6.58. The Balaban J connectivity index is 1.73. The smallest absolute Gasteiger partial charge is 0.341 e. The van der Waals surface area contributed by atoms with Crippen molar-refractivity contribution in [2.75, 3.05) is 19.9 Å². The van der Waals surface area contributed by atoms with E-state index in [1.54, 1.807) is 30.3 Å². The number of aliphatic carboxylic acids is 1. The van der Waals surface area contributed by atoms with Gasteiger partial charge >= 0.3 is 11.9 Å². The van der Waals surface area contributed by atoms with Gasteiger partial charge in [-0.2, -0.15) is 0 Å². The van der Waals surface area contributed by atoms with Gasteiger partial charge in [-0.25, -0.2) is 4.79 Å². The number of carboxylic acids is 1. The second-order valence-corrected chi connectivity index (χ2v) is 4.62. The van der Waals surface area contributed by atoms with E-state index in [2.05, 4.69) is 10.1 Å². The van der Waals surface area contributed by atoms with Crippen LogP contribution in [-0.2, 0) is 14.4 Å². The quantitative estimate of drug-likeness (QED) is 0.208. The average Bonchev–Trinajstić information content (AvgIpc) is 3.02. The van der Waals surface area contributed by atoms with Crippen LogP contribution in [0.2, 0.25) is 0 Å². The molecule has 0 radical (unpaired) electrons. The Labute approximate surface area is 125 Å². The SMILES string of the molecule is O=C(OCO/N=[N+](/[O-])N1CCC(C(=O)O)C1)c1ccccc1. The minimum absolute atomic E-state index is 0.0650. The molecule has 1 aromatic carbocycles. The molecule has 0 spiro atoms. The maximum atomic E-state index is 11.6. The molecular weight excluding hydrogens is 294 g/mol. The van der Waals surface area contributed by atoms with Crippen LogP contribution in [0.3, 0.4) is 0 Å². The van der Waals surface area contributed by atoms with Gasteiger partial charge in [0.2, 0.25) is 5.28 Å². The third-order valence-electron chi connectivity index (χ3n) is 3.14. The van der Waals surface area contributed by atoms with Crippen LogP contribution in [0.25, 0.3) is 0 Å². The highest BCUT2D eigenvalue weighted by molar-refractivity contribution is 5.89. The van der Waals surface area contributed by atoms with Crippen molar-refractivity contribution in [2.45, 2.75) is 6.42 Å². The monoisotopic (exact) mass is 309 g/mol. The van der Waals surface area contributed by atoms with Crippen molar-refractivity contribution >= 4 is 11.9 Å². The van der Waals surface area contributed by atoms with Gasteiger partial charge in [0.1, 0.15) is 0 Å². The topological polar surface area (TPSA) is 114 Å². The summed E-state index contributed by atoms with van der Waals surface area (Å²) in [6.45, 7) is -0.171. The van der Waals surface area contributed by atoms with E-state index < -0.39 is 24.6 Å². The summed E-state index contributed by atoms with van der Waals surface area (Å²) in [6.07, 6.45) is 0.368. The Bertz CT molecular complexity index is 562. The van der Waals surface area contributed by atoms with E-state index in [9.17, 15) is 14.8 Å². The predicted molar refractivity (Wildman–Crippen MR) is 71.2 cm³/mol. The Morgan fingerprint density at radius 2 is 2.14 bits per heavy atom. The average molecular weight is 309 g/mol. The Morgan fingerprint density at radius 3 is 2.77 bits per heavy atom. The second kappa shape index (κ2) is 7.25. The van der Waals surface area contributed by atoms with Gasteiger partial charge < -0.3 is 19.9 Å². The Morgan fingerprint density at radius 1 is 1.41 bits per heavy atom. The molecule has 9 nitrogen and oxygen atoms in total. The van der Waals surface area contributed by atoms with Crippen molar-refractivity contribution in [2.24, 2.45) is 11.2 Å². The first kappa shape index (κ1) is 15.5. The third-order valence-corrected chi connectivity index (χ3v) is 3.14. The lowest BCUT2D eigenvalue weighted by atomic mass is 10.1. The van der Waals surface area contributed by atoms with Gasteiger partial charge in [0.05, 0.1) is 29.5 Å². The van der Waals surface area contributed by atoms with E-state index in [1.807, 2.05) is 0 Å². The minimum atomic E-state index is -0.950. The van der Waals surface area contributed by atoms with Crippen LogP contribution in [-0.4, -0.2) is 46.9 Å². The second-order valence-electron chi connectivity index (χ2n) is 4.62. The van der Waals surface area contributed by atoms with Crippen LogP contribution in [0, 0.1) is 11.1 Å². The highest BCUT2D eigenvalue weighted by Crippen LogP contribution is 2.16. The van der Waals surface area contributed by atoms with Gasteiger partial charge in [0, 0.05) is 0 Å². The van der Waals surface area contributed by atoms with Crippen LogP contribution in [0.15, 0.2) is 35.6 Å². The van der Waals surface area contributed by atoms with Gasteiger partial charge in [-0.05, 0) is 18.6 Å². The minimum Gasteiger partial charge on any atom is -0.569 e. The number of carbonyl (C=O) groups excluding carboxylic acids is 1. The molecule has 0 aromatic heterocycles. The standard InChI is InChI=1S/C13H15N3O6/c17-12(18)11-6-7-15(8-11)16(20)14-22-9-21-13(19)10-4-2-1-3-5-10/h1-5,11H,6-9H2,(H,17,18)/b16-14+. The molecule has 9 heteroatoms. The highest BCUT2D eigenvalue weighted by atomic mass is 16.8. The number of hydrogen-bond donors (Lipinski definition) is 1. The van der Waals surface area contributed by atoms with Gasteiger partial charge in [0.15, 0.2) is 0 Å². The molecule has 22 heavy (non-hydrogen) atoms. The molecule has 1 N–H and O–H groups in total. The Hall–Kier alpha value is -2.84. The normalized spacial score (nSPS) is 18.1. The molecule has 118 valence electrons. The fraction of sp³-hybridized carbons (Fsp3) is 0.385. The summed E-state index contributed by atoms with van der Waals surface area (Å²) in [5.74, 6) is -2.14. The largest absolute Gasteiger partial charge is 0.569 e. The molecule has 1 aliphatic rings. The summed E-state index contributed by atoms with van der Waals surface area (Å²) in [7, 11) is 0. The molecule has 1 unspecified atom stereocenters. The molecular formula is C13H15N3O6. The summed E-state index contributed by atoms with van der Waals surface area (Å²) in [5.41, 5.74) is 0.355. The van der Waals surface area contributed by atoms with Crippen molar-refractivity contribution in [1.29, 1.82) is 0 Å². The van der Waals surface area contributed by atoms with Crippen molar-refractivity contribution in [3.63, 3.8) is 0 Å². The molecule has 1 atom stereocenters. The number of esters is 1. The maximum absolute atomic E-state index is 11.6. The fourth-order valence-electron chi connectivity index (χ4n) is 1.96. The first-order chi connectivity index (χ1) is 10.6. The number of carbonyl (C=O) groups is 2. The molecule has 0 saturated carbocycles. The number of nitrogens with zero attached hydrogens (tertiary/aromatic N) is 3. The lowest BCUT2D eigenvalue weighted by molar-refractivity contribution is -0.708. The fourth-order valence-corrected chi connectivity index (χ4v) is 1.96. The van der Waals surface area contributed by atoms with Crippen molar-refractivity contribution < 1.29 is 29.2 Å². The number of hydrogen-bond acceptors (Lipinski definition) is 6. The van der Waals surface area contributed by atoms with Gasteiger partial charge in [0.25, 0.3) is 6.79 Å². The van der Waals surface area contributed by atoms with Gasteiger partial charge in [-0.15, -0.1) is 5.01 Å². The van der Waals surface area contributed by atoms with Crippen LogP contribution in [0.4, 0.5) is 0 Å². The molecule has 2 rings (SSSR count). The summed E-state index contributed by atoms with van der Waals surface area (Å²) >= 11 is 0. The molecule has 1 aliphatic heterocycles. The molecule has 1 aromatic rings. The predicted octanol–water partition coefficient (Wildman–Crippen LogP) is 1.02. The number of carboxylic acid groups (broad SMARTS) is 1. The number of hydrazine groups is 1. The zero-order valence-electron chi connectivity index (χ0n) is 11.6. The molecule has 0 aliphatic carbocycles. The number of ether oxygens (including phenoxy) is 1. The van der Waals surface area contributed by atoms with Gasteiger partial charge in [-0.3, -0.25) is 4.79 Å². The molecule has 1 fully saturated rings. The van der Waals surface area contributed by atoms with E-state index in [1.165, 1.54) is 5.01 Å². The van der Waals surface area contributed by atoms with E-state index in [0.717, 1.165) is 0 Å². The highest BCUT2D eigenvalue weighted by Gasteiger charge is 2.32. The number of rotatable bonds is 6. The zero-order valence-corrected chi connectivity index (χ0v) is 11.6. The third kappa shape index (κ3) is 4.08. The van der Waals surface area contributed by atoms with E-state index in [0.29, 0.717) is 12.0 Å². The van der Waals surface area contributed by atoms with E-state index >= 15 is 0 Å². The Kier molecular flexibility index (Phi) is 5.12. The summed E-state index contributed by atoms with van der Waals surface area (Å²) in [6, 6.07) is 8.30. The summed E-state index contributed by atoms with van der Waals surface area (Å²) < 4.78 is 4.77. The molecule has 0 amide bonds. The maximum Gasteiger partial charge on any atom is 0.341 e. The number of benzene rings is 1. The molecule has 0 bridgehead atoms. The first-order valence-electron chi connectivity index (χ1n) is 6.58. The van der Waals surface area contributed by atoms with Gasteiger partial charge in [-0.1, -0.05) is 18.2 Å². The van der Waals surface area contributed by atoms with Crippen LogP contribution in [0.5, 0.6) is 0 Å². The van der Waals surface area contributed by atoms with Crippen molar-refractivity contribution in [3.8, 4) is 0 Å². The van der Waals surface area contributed by atoms with Crippen molar-refractivity contribution in [3.05, 3.63) is 41.1 Å². The zero-order chi connectivity index (χ0) is 15.9. The lowest BCUT2D eigenvalue weighted by Crippen LogP contribution is -2.29. The molecule has 1 heterocycles. The lowest BCUT2D eigenvalue weighted by Gasteiger charge is -2.10. The van der Waals surface area contributed by atoms with Crippen LogP contribution < -0.4 is 0 Å². The molecule has 1 saturated heterocycles. The van der Waals surface area contributed by atoms with Crippen molar-refractivity contribution in [1.82, 2.24) is 5.01 Å². The van der Waals surface area contributed by atoms with E-state index in [4.69, 9.17) is 9.84 Å². The van der Waals surface area contributed by atoms with Crippen LogP contribution >= 0.6 is 0 Å².